The van der Waals surface area contributed by atoms with E-state index in [9.17, 15) is 4.79 Å². The molecule has 0 amide bonds. The van der Waals surface area contributed by atoms with Crippen molar-refractivity contribution < 1.29 is 23.4 Å². The highest BCUT2D eigenvalue weighted by Gasteiger charge is 2.46. The first-order valence-electron chi connectivity index (χ1n) is 12.2. The van der Waals surface area contributed by atoms with Crippen molar-refractivity contribution in [2.75, 3.05) is 0 Å². The second-order valence-electron chi connectivity index (χ2n) is 12.5. The van der Waals surface area contributed by atoms with Crippen molar-refractivity contribution in [1.29, 1.82) is 0 Å². The van der Waals surface area contributed by atoms with Crippen LogP contribution in [0.4, 0.5) is 0 Å². The smallest absolute Gasteiger partial charge is 0.309 e. The average molecular weight is 457 g/mol. The highest BCUT2D eigenvalue weighted by atomic mass is 28.4. The fourth-order valence-corrected chi connectivity index (χ4v) is 5.18. The summed E-state index contributed by atoms with van der Waals surface area (Å²) in [6, 6.07) is 0. The molecule has 2 fully saturated rings. The molecule has 0 spiro atoms. The lowest BCUT2D eigenvalue weighted by atomic mass is 9.95. The fourth-order valence-electron chi connectivity index (χ4n) is 3.86. The Morgan fingerprint density at radius 1 is 1.10 bits per heavy atom. The zero-order valence-electron chi connectivity index (χ0n) is 21.9. The van der Waals surface area contributed by atoms with Crippen molar-refractivity contribution in [2.45, 2.75) is 136 Å². The predicted molar refractivity (Wildman–Crippen MR) is 127 cm³/mol. The Labute approximate surface area is 192 Å². The van der Waals surface area contributed by atoms with Gasteiger partial charge >= 0.3 is 5.97 Å². The number of hydrogen-bond acceptors (Lipinski definition) is 5. The molecule has 2 rings (SSSR count). The molecule has 0 aromatic carbocycles. The number of carbonyl (C=O) groups is 1. The second kappa shape index (κ2) is 9.82. The molecule has 0 bridgehead atoms. The highest BCUT2D eigenvalue weighted by Crippen LogP contribution is 2.44. The summed E-state index contributed by atoms with van der Waals surface area (Å²) in [7, 11) is -1.92. The molecule has 7 atom stereocenters. The number of carbonyl (C=O) groups excluding carboxylic acids is 1. The minimum absolute atomic E-state index is 0.0232. The van der Waals surface area contributed by atoms with E-state index in [1.807, 2.05) is 20.8 Å². The van der Waals surface area contributed by atoms with Gasteiger partial charge in [0.15, 0.2) is 14.6 Å². The normalized spacial score (nSPS) is 33.1. The summed E-state index contributed by atoms with van der Waals surface area (Å²) >= 11 is 0. The van der Waals surface area contributed by atoms with Crippen LogP contribution >= 0.6 is 0 Å². The van der Waals surface area contributed by atoms with E-state index < -0.39 is 13.9 Å². The SMILES string of the molecule is C[C@H](CCC1CC1C(=O)OC(C)(C)C)O[C@@H]1O[C@@H](C)[C@H](C)C[C@H]1O[Si](C)(C)C(C)(C)C. The molecule has 6 heteroatoms. The maximum Gasteiger partial charge on any atom is 0.309 e. The largest absolute Gasteiger partial charge is 0.460 e. The predicted octanol–water partition coefficient (Wildman–Crippen LogP) is 6.31. The topological polar surface area (TPSA) is 54.0 Å². The molecule has 0 aromatic rings. The van der Waals surface area contributed by atoms with Gasteiger partial charge in [0, 0.05) is 0 Å². The molecule has 1 heterocycles. The van der Waals surface area contributed by atoms with Crippen LogP contribution in [0.2, 0.25) is 18.1 Å². The van der Waals surface area contributed by atoms with E-state index in [0.717, 1.165) is 25.7 Å². The Bertz CT molecular complexity index is 606. The zero-order chi connectivity index (χ0) is 23.8. The van der Waals surface area contributed by atoms with Gasteiger partial charge in [-0.15, -0.1) is 0 Å². The van der Waals surface area contributed by atoms with E-state index in [-0.39, 0.29) is 41.5 Å². The van der Waals surface area contributed by atoms with Crippen LogP contribution in [0.1, 0.15) is 88.0 Å². The van der Waals surface area contributed by atoms with E-state index in [1.165, 1.54) is 0 Å². The number of ether oxygens (including phenoxy) is 3. The maximum absolute atomic E-state index is 12.2. The molecular weight excluding hydrogens is 408 g/mol. The third-order valence-corrected chi connectivity index (χ3v) is 11.8. The standard InChI is InChI=1S/C25H48O5Si/c1-16-14-21(30-31(10,11)25(7,8)9)23(28-18(16)3)27-17(2)12-13-19-15-20(19)22(26)29-24(4,5)6/h16-21,23H,12-15H2,1-11H3/t16-,17-,18+,19?,20?,21-,23-/m1/s1. The first-order chi connectivity index (χ1) is 14.0. The van der Waals surface area contributed by atoms with Crippen LogP contribution in [0, 0.1) is 17.8 Å². The van der Waals surface area contributed by atoms with Crippen LogP contribution < -0.4 is 0 Å². The molecule has 1 aliphatic heterocycles. The highest BCUT2D eigenvalue weighted by molar-refractivity contribution is 6.74. The lowest BCUT2D eigenvalue weighted by Gasteiger charge is -2.45. The van der Waals surface area contributed by atoms with Gasteiger partial charge < -0.3 is 18.6 Å². The van der Waals surface area contributed by atoms with E-state index in [0.29, 0.717) is 11.8 Å². The monoisotopic (exact) mass is 456 g/mol. The molecule has 5 nitrogen and oxygen atoms in total. The molecule has 2 unspecified atom stereocenters. The zero-order valence-corrected chi connectivity index (χ0v) is 22.9. The lowest BCUT2D eigenvalue weighted by Crippen LogP contribution is -2.53. The maximum atomic E-state index is 12.2. The van der Waals surface area contributed by atoms with Gasteiger partial charge in [0.05, 0.1) is 24.2 Å². The minimum Gasteiger partial charge on any atom is -0.460 e. The molecule has 0 aromatic heterocycles. The Hall–Kier alpha value is -0.433. The lowest BCUT2D eigenvalue weighted by molar-refractivity contribution is -0.260. The van der Waals surface area contributed by atoms with Crippen LogP contribution in [0.3, 0.4) is 0 Å². The third kappa shape index (κ3) is 7.83. The van der Waals surface area contributed by atoms with Crippen molar-refractivity contribution in [3.05, 3.63) is 0 Å². The summed E-state index contributed by atoms with van der Waals surface area (Å²) in [6.07, 6.45) is 3.69. The van der Waals surface area contributed by atoms with E-state index in [4.69, 9.17) is 18.6 Å². The van der Waals surface area contributed by atoms with Gasteiger partial charge in [0.2, 0.25) is 0 Å². The fraction of sp³-hybridized carbons (Fsp3) is 0.960. The second-order valence-corrected chi connectivity index (χ2v) is 17.3. The summed E-state index contributed by atoms with van der Waals surface area (Å²) in [6.45, 7) is 23.6. The van der Waals surface area contributed by atoms with Crippen LogP contribution in [0.25, 0.3) is 0 Å². The molecule has 182 valence electrons. The van der Waals surface area contributed by atoms with Crippen LogP contribution in [-0.4, -0.2) is 44.5 Å². The molecule has 31 heavy (non-hydrogen) atoms. The van der Waals surface area contributed by atoms with Crippen molar-refractivity contribution in [1.82, 2.24) is 0 Å². The molecular formula is C25H48O5Si. The van der Waals surface area contributed by atoms with Crippen molar-refractivity contribution in [3.8, 4) is 0 Å². The molecule has 2 aliphatic rings. The first kappa shape index (κ1) is 26.8. The quantitative estimate of drug-likeness (QED) is 0.316. The average Bonchev–Trinajstić information content (AvgIpc) is 3.34. The summed E-state index contributed by atoms with van der Waals surface area (Å²) < 4.78 is 24.9. The van der Waals surface area contributed by atoms with Crippen LogP contribution in [0.15, 0.2) is 0 Å². The minimum atomic E-state index is -1.92. The first-order valence-corrected chi connectivity index (χ1v) is 15.1. The van der Waals surface area contributed by atoms with Crippen molar-refractivity contribution in [2.24, 2.45) is 17.8 Å². The summed E-state index contributed by atoms with van der Waals surface area (Å²) in [5.41, 5.74) is -0.411. The van der Waals surface area contributed by atoms with Crippen LogP contribution in [0.5, 0.6) is 0 Å². The molecule has 0 N–H and O–H groups in total. The van der Waals surface area contributed by atoms with Gasteiger partial charge in [0.25, 0.3) is 0 Å². The molecule has 0 radical (unpaired) electrons. The van der Waals surface area contributed by atoms with Gasteiger partial charge in [-0.2, -0.15) is 0 Å². The van der Waals surface area contributed by atoms with E-state index >= 15 is 0 Å². The summed E-state index contributed by atoms with van der Waals surface area (Å²) in [4.78, 5) is 12.2. The van der Waals surface area contributed by atoms with Crippen molar-refractivity contribution >= 4 is 14.3 Å². The molecule has 1 saturated heterocycles. The van der Waals surface area contributed by atoms with E-state index in [2.05, 4.69) is 54.6 Å². The number of esters is 1. The summed E-state index contributed by atoms with van der Waals surface area (Å²) in [5, 5.41) is 0.151. The van der Waals surface area contributed by atoms with Gasteiger partial charge in [-0.1, -0.05) is 27.7 Å². The Kier molecular flexibility index (Phi) is 8.50. The van der Waals surface area contributed by atoms with E-state index in [1.54, 1.807) is 0 Å². The third-order valence-electron chi connectivity index (χ3n) is 7.25. The molecule has 1 aliphatic carbocycles. The summed E-state index contributed by atoms with van der Waals surface area (Å²) in [5.74, 6) is 0.887. The van der Waals surface area contributed by atoms with Gasteiger partial charge in [-0.25, -0.2) is 0 Å². The molecule has 1 saturated carbocycles. The van der Waals surface area contributed by atoms with Crippen molar-refractivity contribution in [3.63, 3.8) is 0 Å². The Morgan fingerprint density at radius 2 is 1.71 bits per heavy atom. The number of hydrogen-bond donors (Lipinski definition) is 0. The number of rotatable bonds is 8. The van der Waals surface area contributed by atoms with Crippen LogP contribution in [-0.2, 0) is 23.4 Å². The van der Waals surface area contributed by atoms with Gasteiger partial charge in [-0.05, 0) is 90.3 Å². The van der Waals surface area contributed by atoms with Gasteiger partial charge in [-0.3, -0.25) is 4.79 Å². The Morgan fingerprint density at radius 3 is 2.26 bits per heavy atom. The Balaban J connectivity index is 1.88. The van der Waals surface area contributed by atoms with Gasteiger partial charge in [0.1, 0.15) is 5.60 Å².